The lowest BCUT2D eigenvalue weighted by Gasteiger charge is -2.05. The second-order valence-electron chi connectivity index (χ2n) is 4.40. The zero-order valence-electron chi connectivity index (χ0n) is 10.4. The third kappa shape index (κ3) is 3.72. The molecule has 0 aromatic heterocycles. The molecule has 1 aromatic carbocycles. The summed E-state index contributed by atoms with van der Waals surface area (Å²) >= 11 is 0. The predicted octanol–water partition coefficient (Wildman–Crippen LogP) is 3.61. The lowest BCUT2D eigenvalue weighted by molar-refractivity contribution is -0.194. The van der Waals surface area contributed by atoms with E-state index in [0.29, 0.717) is 13.2 Å². The van der Waals surface area contributed by atoms with Crippen molar-refractivity contribution >= 4 is 0 Å². The fourth-order valence-corrected chi connectivity index (χ4v) is 1.86. The fourth-order valence-electron chi connectivity index (χ4n) is 1.86. The van der Waals surface area contributed by atoms with E-state index in [1.807, 2.05) is 12.1 Å². The molecule has 0 fully saturated rings. The molecule has 0 aliphatic carbocycles. The Hall–Kier alpha value is -1.06. The first-order valence-corrected chi connectivity index (χ1v) is 6.39. The summed E-state index contributed by atoms with van der Waals surface area (Å²) in [5.41, 5.74) is 2.25. The molecule has 0 saturated heterocycles. The quantitative estimate of drug-likeness (QED) is 0.534. The third-order valence-corrected chi connectivity index (χ3v) is 2.91. The monoisotopic (exact) mass is 236 g/mol. The van der Waals surface area contributed by atoms with Gasteiger partial charge in [0.15, 0.2) is 5.75 Å². The predicted molar refractivity (Wildman–Crippen MR) is 65.7 cm³/mol. The van der Waals surface area contributed by atoms with Crippen LogP contribution in [0.1, 0.15) is 43.7 Å². The topological polar surface area (TPSA) is 27.7 Å². The van der Waals surface area contributed by atoms with E-state index in [9.17, 15) is 0 Å². The summed E-state index contributed by atoms with van der Waals surface area (Å²) in [5, 5.41) is 0. The number of hydrogen-bond acceptors (Lipinski definition) is 3. The molecule has 3 heteroatoms. The fraction of sp³-hybridized carbons (Fsp3) is 0.571. The average Bonchev–Trinajstić information content (AvgIpc) is 2.81. The van der Waals surface area contributed by atoms with Gasteiger partial charge >= 0.3 is 0 Å². The van der Waals surface area contributed by atoms with E-state index in [4.69, 9.17) is 14.5 Å². The minimum absolute atomic E-state index is 0.549. The van der Waals surface area contributed by atoms with Crippen molar-refractivity contribution in [2.45, 2.75) is 45.8 Å². The van der Waals surface area contributed by atoms with Crippen molar-refractivity contribution in [2.24, 2.45) is 0 Å². The van der Waals surface area contributed by atoms with Crippen LogP contribution in [-0.4, -0.2) is 6.61 Å². The van der Waals surface area contributed by atoms with E-state index in [0.717, 1.165) is 29.9 Å². The summed E-state index contributed by atoms with van der Waals surface area (Å²) in [4.78, 5) is 9.94. The second-order valence-corrected chi connectivity index (χ2v) is 4.40. The Morgan fingerprint density at radius 3 is 3.06 bits per heavy atom. The van der Waals surface area contributed by atoms with Crippen LogP contribution in [0.5, 0.6) is 5.75 Å². The zero-order chi connectivity index (χ0) is 11.9. The number of fused-ring (bicyclic) bond motifs is 1. The molecule has 1 aliphatic rings. The van der Waals surface area contributed by atoms with Gasteiger partial charge < -0.3 is 9.62 Å². The van der Waals surface area contributed by atoms with Crippen LogP contribution in [0, 0.1) is 0 Å². The average molecular weight is 236 g/mol. The van der Waals surface area contributed by atoms with Crippen LogP contribution in [-0.2, 0) is 22.8 Å². The highest BCUT2D eigenvalue weighted by molar-refractivity contribution is 5.37. The van der Waals surface area contributed by atoms with Crippen LogP contribution < -0.4 is 4.89 Å². The van der Waals surface area contributed by atoms with E-state index >= 15 is 0 Å². The number of unbranched alkanes of at least 4 members (excludes halogenated alkanes) is 3. The molecule has 0 atom stereocenters. The van der Waals surface area contributed by atoms with Crippen molar-refractivity contribution in [3.05, 3.63) is 29.3 Å². The van der Waals surface area contributed by atoms with Gasteiger partial charge in [-0.2, -0.15) is 4.89 Å². The normalized spacial score (nSPS) is 13.5. The third-order valence-electron chi connectivity index (χ3n) is 2.91. The van der Waals surface area contributed by atoms with Crippen LogP contribution in [0.25, 0.3) is 0 Å². The molecule has 0 radical (unpaired) electrons. The summed E-state index contributed by atoms with van der Waals surface area (Å²) in [6.45, 7) is 4.26. The molecule has 1 aromatic rings. The minimum atomic E-state index is 0.549. The number of hydrogen-bond donors (Lipinski definition) is 0. The van der Waals surface area contributed by atoms with Gasteiger partial charge in [-0.05, 0) is 18.1 Å². The van der Waals surface area contributed by atoms with E-state index in [1.54, 1.807) is 0 Å². The highest BCUT2D eigenvalue weighted by Gasteiger charge is 2.13. The van der Waals surface area contributed by atoms with Gasteiger partial charge in [0.05, 0.1) is 6.61 Å². The molecule has 0 N–H and O–H groups in total. The van der Waals surface area contributed by atoms with Crippen molar-refractivity contribution in [3.8, 4) is 5.75 Å². The van der Waals surface area contributed by atoms with E-state index in [-0.39, 0.29) is 0 Å². The van der Waals surface area contributed by atoms with Crippen LogP contribution in [0.4, 0.5) is 0 Å². The first-order valence-electron chi connectivity index (χ1n) is 6.39. The van der Waals surface area contributed by atoms with Crippen LogP contribution >= 0.6 is 0 Å². The van der Waals surface area contributed by atoms with Crippen molar-refractivity contribution in [3.63, 3.8) is 0 Å². The Morgan fingerprint density at radius 2 is 2.18 bits per heavy atom. The van der Waals surface area contributed by atoms with Crippen LogP contribution in [0.15, 0.2) is 18.2 Å². The van der Waals surface area contributed by atoms with Gasteiger partial charge in [-0.25, -0.2) is 0 Å². The molecule has 94 valence electrons. The maximum absolute atomic E-state index is 5.63. The smallest absolute Gasteiger partial charge is 0.171 e. The Morgan fingerprint density at radius 1 is 1.24 bits per heavy atom. The summed E-state index contributed by atoms with van der Waals surface area (Å²) in [5.74, 6) is 0.831. The summed E-state index contributed by atoms with van der Waals surface area (Å²) in [7, 11) is 0. The highest BCUT2D eigenvalue weighted by Crippen LogP contribution is 2.27. The number of rotatable bonds is 7. The molecular weight excluding hydrogens is 216 g/mol. The maximum Gasteiger partial charge on any atom is 0.171 e. The molecule has 1 aliphatic heterocycles. The molecular formula is C14H20O3. The lowest BCUT2D eigenvalue weighted by Crippen LogP contribution is -1.96. The van der Waals surface area contributed by atoms with Gasteiger partial charge in [-0.1, -0.05) is 38.3 Å². The molecule has 0 saturated carbocycles. The molecule has 3 nitrogen and oxygen atoms in total. The van der Waals surface area contributed by atoms with Crippen molar-refractivity contribution in [1.29, 1.82) is 0 Å². The van der Waals surface area contributed by atoms with Crippen molar-refractivity contribution in [2.75, 3.05) is 6.61 Å². The van der Waals surface area contributed by atoms with Crippen LogP contribution in [0.2, 0.25) is 0 Å². The molecule has 0 unspecified atom stereocenters. The number of ether oxygens (including phenoxy) is 1. The molecule has 0 spiro atoms. The number of benzene rings is 1. The molecule has 1 heterocycles. The Balaban J connectivity index is 1.69. The summed E-state index contributed by atoms with van der Waals surface area (Å²) in [6.07, 6.45) is 4.98. The first kappa shape index (κ1) is 12.4. The van der Waals surface area contributed by atoms with E-state index < -0.39 is 0 Å². The molecule has 17 heavy (non-hydrogen) atoms. The molecule has 0 amide bonds. The van der Waals surface area contributed by atoms with Gasteiger partial charge in [-0.15, -0.1) is 0 Å². The van der Waals surface area contributed by atoms with E-state index in [2.05, 4.69) is 13.0 Å². The van der Waals surface area contributed by atoms with Gasteiger partial charge in [0.25, 0.3) is 0 Å². The second kappa shape index (κ2) is 6.62. The first-order chi connectivity index (χ1) is 8.40. The summed E-state index contributed by atoms with van der Waals surface area (Å²) < 4.78 is 5.63. The molecule has 0 bridgehead atoms. The van der Waals surface area contributed by atoms with E-state index in [1.165, 1.54) is 19.3 Å². The van der Waals surface area contributed by atoms with Gasteiger partial charge in [0.1, 0.15) is 6.61 Å². The lowest BCUT2D eigenvalue weighted by atomic mass is 10.1. The standard InChI is InChI=1S/C14H20O3/c1-2-3-4-5-8-15-10-12-6-7-13-11-16-17-14(13)9-12/h6-7,9H,2-5,8,10-11H2,1H3. The van der Waals surface area contributed by atoms with Gasteiger partial charge in [0, 0.05) is 12.2 Å². The van der Waals surface area contributed by atoms with Gasteiger partial charge in [0.2, 0.25) is 0 Å². The Kier molecular flexibility index (Phi) is 4.83. The molecule has 2 rings (SSSR count). The Bertz CT molecular complexity index is 349. The van der Waals surface area contributed by atoms with Crippen molar-refractivity contribution < 1.29 is 14.5 Å². The Labute approximate surface area is 103 Å². The van der Waals surface area contributed by atoms with Crippen molar-refractivity contribution in [1.82, 2.24) is 0 Å². The largest absolute Gasteiger partial charge is 0.377 e. The zero-order valence-corrected chi connectivity index (χ0v) is 10.4. The SMILES string of the molecule is CCCCCCOCc1ccc2c(c1)OOC2. The maximum atomic E-state index is 5.63. The minimum Gasteiger partial charge on any atom is -0.377 e. The summed E-state index contributed by atoms with van der Waals surface area (Å²) in [6, 6.07) is 6.11. The van der Waals surface area contributed by atoms with Crippen LogP contribution in [0.3, 0.4) is 0 Å². The van der Waals surface area contributed by atoms with Gasteiger partial charge in [-0.3, -0.25) is 0 Å². The highest BCUT2D eigenvalue weighted by atomic mass is 17.2.